The van der Waals surface area contributed by atoms with Gasteiger partial charge in [0.15, 0.2) is 17.2 Å². The van der Waals surface area contributed by atoms with Gasteiger partial charge < -0.3 is 20.9 Å². The van der Waals surface area contributed by atoms with E-state index in [1.54, 1.807) is 6.07 Å². The molecule has 2 saturated heterocycles. The van der Waals surface area contributed by atoms with Gasteiger partial charge in [-0.05, 0) is 38.6 Å². The summed E-state index contributed by atoms with van der Waals surface area (Å²) in [6.45, 7) is 3.32. The zero-order chi connectivity index (χ0) is 21.5. The van der Waals surface area contributed by atoms with Crippen LogP contribution in [0.2, 0.25) is 0 Å². The summed E-state index contributed by atoms with van der Waals surface area (Å²) in [6.07, 6.45) is 9.54. The van der Waals surface area contributed by atoms with Crippen LogP contribution in [-0.2, 0) is 0 Å². The first kappa shape index (κ1) is 20.9. The number of nitrogens with one attached hydrogen (secondary N) is 3. The van der Waals surface area contributed by atoms with Gasteiger partial charge in [-0.2, -0.15) is 5.26 Å². The number of likely N-dealkylation sites (tertiary alicyclic amines) is 1. The third-order valence-electron chi connectivity index (χ3n) is 5.63. The smallest absolute Gasteiger partial charge is 0.276 e. The van der Waals surface area contributed by atoms with Gasteiger partial charge in [0.25, 0.3) is 5.91 Å². The van der Waals surface area contributed by atoms with E-state index in [0.29, 0.717) is 29.1 Å². The molecule has 31 heavy (non-hydrogen) atoms. The molecular formula is C21H27N9O. The number of nitriles is 1. The molecular weight excluding hydrogens is 394 g/mol. The van der Waals surface area contributed by atoms with E-state index in [0.717, 1.165) is 45.4 Å². The zero-order valence-electron chi connectivity index (χ0n) is 17.5. The summed E-state index contributed by atoms with van der Waals surface area (Å²) in [5.74, 6) is 0.813. The highest BCUT2D eigenvalue weighted by atomic mass is 16.2. The van der Waals surface area contributed by atoms with Gasteiger partial charge in [-0.3, -0.25) is 4.79 Å². The molecule has 1 amide bonds. The van der Waals surface area contributed by atoms with Gasteiger partial charge in [-0.1, -0.05) is 6.42 Å². The maximum absolute atomic E-state index is 13.0. The number of carbonyl (C=O) groups is 1. The Bertz CT molecular complexity index is 929. The number of piperidine rings is 1. The van der Waals surface area contributed by atoms with Gasteiger partial charge in [0, 0.05) is 31.7 Å². The lowest BCUT2D eigenvalue weighted by Crippen LogP contribution is -2.35. The van der Waals surface area contributed by atoms with Crippen molar-refractivity contribution in [3.05, 3.63) is 29.8 Å². The Morgan fingerprint density at radius 2 is 2.03 bits per heavy atom. The van der Waals surface area contributed by atoms with Crippen molar-refractivity contribution in [1.29, 1.82) is 5.26 Å². The molecule has 0 saturated carbocycles. The second kappa shape index (κ2) is 10.1. The fraction of sp³-hybridized carbons (Fsp3) is 0.524. The summed E-state index contributed by atoms with van der Waals surface area (Å²) in [5.41, 5.74) is 1.24. The topological polar surface area (TPSA) is 132 Å². The van der Waals surface area contributed by atoms with Crippen LogP contribution in [0.4, 0.5) is 17.3 Å². The Hall–Kier alpha value is -3.32. The highest BCUT2D eigenvalue weighted by Gasteiger charge is 2.24. The highest BCUT2D eigenvalue weighted by molar-refractivity contribution is 5.98. The first-order valence-electron chi connectivity index (χ1n) is 10.9. The summed E-state index contributed by atoms with van der Waals surface area (Å²) in [4.78, 5) is 22.9. The summed E-state index contributed by atoms with van der Waals surface area (Å²) < 4.78 is 0. The zero-order valence-corrected chi connectivity index (χ0v) is 17.5. The Morgan fingerprint density at radius 1 is 1.16 bits per heavy atom. The lowest BCUT2D eigenvalue weighted by atomic mass is 10.0. The van der Waals surface area contributed by atoms with Crippen molar-refractivity contribution >= 4 is 23.2 Å². The lowest BCUT2D eigenvalue weighted by molar-refractivity contribution is 0.0787. The van der Waals surface area contributed by atoms with E-state index in [1.165, 1.54) is 31.7 Å². The Balaban J connectivity index is 1.49. The van der Waals surface area contributed by atoms with Gasteiger partial charge in [-0.25, -0.2) is 9.97 Å². The fourth-order valence-electron chi connectivity index (χ4n) is 3.95. The van der Waals surface area contributed by atoms with E-state index in [-0.39, 0.29) is 11.6 Å². The molecule has 10 heteroatoms. The molecule has 1 unspecified atom stereocenters. The standard InChI is InChI=1S/C21H27N9O/c22-12-16-13-26-19(14-25-16)27-18-11-17(24-8-6-15-5-1-2-7-23-15)20(29-28-18)21(31)30-9-3-4-10-30/h11,13-15,23H,1-10H2,(H2,24,26,27,28). The van der Waals surface area contributed by atoms with E-state index in [1.807, 2.05) is 11.0 Å². The third-order valence-corrected chi connectivity index (χ3v) is 5.63. The molecule has 1 atom stereocenters. The van der Waals surface area contributed by atoms with Gasteiger partial charge in [0.1, 0.15) is 11.9 Å². The minimum Gasteiger partial charge on any atom is -0.383 e. The molecule has 2 aliphatic heterocycles. The van der Waals surface area contributed by atoms with Crippen LogP contribution in [0.3, 0.4) is 0 Å². The molecule has 2 aromatic rings. The van der Waals surface area contributed by atoms with Crippen LogP contribution >= 0.6 is 0 Å². The first-order valence-corrected chi connectivity index (χ1v) is 10.9. The van der Waals surface area contributed by atoms with Crippen LogP contribution in [0, 0.1) is 11.3 Å². The van der Waals surface area contributed by atoms with E-state index in [4.69, 9.17) is 5.26 Å². The molecule has 162 valence electrons. The molecule has 3 N–H and O–H groups in total. The summed E-state index contributed by atoms with van der Waals surface area (Å²) in [7, 11) is 0. The predicted octanol–water partition coefficient (Wildman–Crippen LogP) is 2.06. The van der Waals surface area contributed by atoms with Crippen molar-refractivity contribution in [3.8, 4) is 6.07 Å². The Morgan fingerprint density at radius 3 is 2.74 bits per heavy atom. The molecule has 0 aliphatic carbocycles. The summed E-state index contributed by atoms with van der Waals surface area (Å²) >= 11 is 0. The molecule has 2 fully saturated rings. The number of aromatic nitrogens is 4. The van der Waals surface area contributed by atoms with E-state index >= 15 is 0 Å². The minimum atomic E-state index is -0.0898. The monoisotopic (exact) mass is 421 g/mol. The van der Waals surface area contributed by atoms with Crippen molar-refractivity contribution in [2.75, 3.05) is 36.8 Å². The van der Waals surface area contributed by atoms with Gasteiger partial charge in [0.05, 0.1) is 18.1 Å². The van der Waals surface area contributed by atoms with Crippen molar-refractivity contribution in [3.63, 3.8) is 0 Å². The van der Waals surface area contributed by atoms with Crippen LogP contribution in [-0.4, -0.2) is 63.2 Å². The molecule has 4 heterocycles. The molecule has 10 nitrogen and oxygen atoms in total. The predicted molar refractivity (Wildman–Crippen MR) is 116 cm³/mol. The Kier molecular flexibility index (Phi) is 6.84. The largest absolute Gasteiger partial charge is 0.383 e. The summed E-state index contributed by atoms with van der Waals surface area (Å²) in [5, 5.41) is 27.3. The molecule has 0 bridgehead atoms. The number of hydrogen-bond acceptors (Lipinski definition) is 9. The maximum atomic E-state index is 13.0. The average Bonchev–Trinajstić information content (AvgIpc) is 3.35. The molecule has 0 spiro atoms. The second-order valence-corrected chi connectivity index (χ2v) is 7.88. The number of amides is 1. The number of rotatable bonds is 7. The van der Waals surface area contributed by atoms with E-state index < -0.39 is 0 Å². The van der Waals surface area contributed by atoms with Crippen LogP contribution in [0.25, 0.3) is 0 Å². The van der Waals surface area contributed by atoms with Crippen molar-refractivity contribution in [2.24, 2.45) is 0 Å². The van der Waals surface area contributed by atoms with Crippen LogP contribution < -0.4 is 16.0 Å². The van der Waals surface area contributed by atoms with Gasteiger partial charge in [0.2, 0.25) is 0 Å². The highest BCUT2D eigenvalue weighted by Crippen LogP contribution is 2.22. The molecule has 0 aromatic carbocycles. The third kappa shape index (κ3) is 5.44. The quantitative estimate of drug-likeness (QED) is 0.614. The van der Waals surface area contributed by atoms with Crippen LogP contribution in [0.5, 0.6) is 0 Å². The SMILES string of the molecule is N#Cc1cnc(Nc2cc(NCCC3CCCCN3)c(C(=O)N3CCCC3)nn2)cn1. The maximum Gasteiger partial charge on any atom is 0.276 e. The van der Waals surface area contributed by atoms with Crippen molar-refractivity contribution in [1.82, 2.24) is 30.4 Å². The van der Waals surface area contributed by atoms with Crippen LogP contribution in [0.1, 0.15) is 54.7 Å². The fourth-order valence-corrected chi connectivity index (χ4v) is 3.95. The Labute approximate surface area is 181 Å². The van der Waals surface area contributed by atoms with E-state index in [2.05, 4.69) is 36.1 Å². The van der Waals surface area contributed by atoms with E-state index in [9.17, 15) is 4.79 Å². The molecule has 2 aromatic heterocycles. The molecule has 4 rings (SSSR count). The van der Waals surface area contributed by atoms with Crippen LogP contribution in [0.15, 0.2) is 18.5 Å². The number of anilines is 3. The van der Waals surface area contributed by atoms with Crippen molar-refractivity contribution in [2.45, 2.75) is 44.6 Å². The molecule has 0 radical (unpaired) electrons. The molecule has 2 aliphatic rings. The minimum absolute atomic E-state index is 0.0898. The second-order valence-electron chi connectivity index (χ2n) is 7.88. The van der Waals surface area contributed by atoms with Gasteiger partial charge >= 0.3 is 0 Å². The van der Waals surface area contributed by atoms with Gasteiger partial charge in [-0.15, -0.1) is 10.2 Å². The number of nitrogens with zero attached hydrogens (tertiary/aromatic N) is 6. The normalized spacial score (nSPS) is 18.4. The summed E-state index contributed by atoms with van der Waals surface area (Å²) in [6, 6.07) is 4.22. The first-order chi connectivity index (χ1) is 15.2. The lowest BCUT2D eigenvalue weighted by Gasteiger charge is -2.24. The number of hydrogen-bond donors (Lipinski definition) is 3. The number of carbonyl (C=O) groups excluding carboxylic acids is 1. The van der Waals surface area contributed by atoms with Crippen molar-refractivity contribution < 1.29 is 4.79 Å². The average molecular weight is 422 g/mol.